The number of amides is 2. The molecule has 6 aromatic rings. The Kier molecular flexibility index (Phi) is 20.9. The molecule has 0 aromatic heterocycles. The van der Waals surface area contributed by atoms with E-state index < -0.39 is 43.8 Å². The second-order valence-electron chi connectivity index (χ2n) is 12.8. The van der Waals surface area contributed by atoms with Crippen molar-refractivity contribution >= 4 is 66.5 Å². The number of aryl methyl sites for hydroxylation is 2. The first-order chi connectivity index (χ1) is 27.9. The van der Waals surface area contributed by atoms with Crippen molar-refractivity contribution in [2.45, 2.75) is 31.1 Å². The Bertz CT molecular complexity index is 2790. The number of benzene rings is 6. The number of anilines is 4. The Labute approximate surface area is 445 Å². The van der Waals surface area contributed by atoms with Crippen LogP contribution in [0.1, 0.15) is 65.5 Å². The standard InChI is InChI=1S/C22H19N2O5S.C21H17N2O5S.CH4.2K/c1-14-7-10-16(11-8-14)30(28,29)24-20-12-9-15(2)13-18(20)21(25)23-19-6-4-3-5-17(19)22(26)27;1-14-10-12-15(13-11-14)29(27,28)23-19-9-5-2-6-16(19)20(24)22-18-8-4-3-7-17(18)21(25)26;;;/h3-13,24H,2H2,1H3,(H,23,25)(H,26,27);2-4,6-13,23H,1H3,(H,22,24)(H,25,26);1H4;;/q2*-1;;2*+1. The number of hydrogen-bond donors (Lipinski definition) is 6. The molecule has 0 heterocycles. The number of sulfonamides is 2. The molecular weight excluding hydrogens is 887 g/mol. The molecule has 6 N–H and O–H groups in total. The van der Waals surface area contributed by atoms with Crippen LogP contribution in [0.4, 0.5) is 22.7 Å². The summed E-state index contributed by atoms with van der Waals surface area (Å²) in [6.07, 6.45) is 0. The monoisotopic (exact) mass is 926 g/mol. The normalized spacial score (nSPS) is 10.4. The molecule has 0 bridgehead atoms. The molecule has 62 heavy (non-hydrogen) atoms. The van der Waals surface area contributed by atoms with Crippen LogP contribution in [-0.4, -0.2) is 50.8 Å². The Hall–Kier alpha value is -4.16. The minimum atomic E-state index is -3.94. The van der Waals surface area contributed by atoms with Crippen molar-refractivity contribution in [2.24, 2.45) is 0 Å². The van der Waals surface area contributed by atoms with E-state index in [0.717, 1.165) is 11.1 Å². The topological polar surface area (TPSA) is 225 Å². The van der Waals surface area contributed by atoms with Crippen LogP contribution in [0, 0.1) is 26.8 Å². The summed E-state index contributed by atoms with van der Waals surface area (Å²) in [4.78, 5) is 48.4. The Morgan fingerprint density at radius 1 is 0.532 bits per heavy atom. The summed E-state index contributed by atoms with van der Waals surface area (Å²) in [6.45, 7) is 7.45. The third-order valence-corrected chi connectivity index (χ3v) is 11.2. The first kappa shape index (κ1) is 54.0. The van der Waals surface area contributed by atoms with E-state index in [4.69, 9.17) is 0 Å². The van der Waals surface area contributed by atoms with E-state index in [-0.39, 0.29) is 165 Å². The maximum Gasteiger partial charge on any atom is 1.00 e. The molecule has 0 unspecified atom stereocenters. The van der Waals surface area contributed by atoms with Crippen molar-refractivity contribution in [3.05, 3.63) is 185 Å². The largest absolute Gasteiger partial charge is 1.00 e. The predicted octanol–water partition coefficient (Wildman–Crippen LogP) is 2.12. The summed E-state index contributed by atoms with van der Waals surface area (Å²) >= 11 is 0. The van der Waals surface area contributed by atoms with Gasteiger partial charge >= 0.3 is 115 Å². The molecule has 0 aliphatic rings. The van der Waals surface area contributed by atoms with Crippen LogP contribution in [-0.2, 0) is 20.0 Å². The van der Waals surface area contributed by atoms with Crippen LogP contribution < -0.4 is 123 Å². The van der Waals surface area contributed by atoms with E-state index in [2.05, 4.69) is 33.1 Å². The molecule has 310 valence electrons. The van der Waals surface area contributed by atoms with Gasteiger partial charge in [-0.05, 0) is 73.6 Å². The molecule has 6 aromatic carbocycles. The number of carbonyl (C=O) groups excluding carboxylic acids is 2. The first-order valence-electron chi connectivity index (χ1n) is 17.4. The number of rotatable bonds is 12. The van der Waals surface area contributed by atoms with Crippen LogP contribution >= 0.6 is 0 Å². The average Bonchev–Trinajstić information content (AvgIpc) is 3.19. The van der Waals surface area contributed by atoms with Crippen LogP contribution in [0.2, 0.25) is 0 Å². The number of hydrogen-bond acceptors (Lipinski definition) is 8. The zero-order valence-electron chi connectivity index (χ0n) is 33.4. The summed E-state index contributed by atoms with van der Waals surface area (Å²) in [6, 6.07) is 35.8. The fourth-order valence-electron chi connectivity index (χ4n) is 5.36. The third kappa shape index (κ3) is 14.4. The SMILES string of the molecule is C.Cc1ccc(S(=O)(=O)Nc2c[c-]ccc2C(=O)Nc2ccccc2C(=O)O)cc1.[CH2-]c1ccc(NS(=O)(=O)c2ccc(C)cc2)c(C(=O)Nc2ccccc2C(=O)O)c1.[K+].[K+]. The Balaban J connectivity index is 0.000000407. The molecule has 14 nitrogen and oxygen atoms in total. The van der Waals surface area contributed by atoms with Gasteiger partial charge in [0.2, 0.25) is 11.8 Å². The Morgan fingerprint density at radius 2 is 0.952 bits per heavy atom. The summed E-state index contributed by atoms with van der Waals surface area (Å²) in [7, 11) is -7.86. The maximum atomic E-state index is 12.9. The van der Waals surface area contributed by atoms with E-state index in [1.165, 1.54) is 91.0 Å². The Morgan fingerprint density at radius 3 is 1.40 bits per heavy atom. The zero-order chi connectivity index (χ0) is 42.9. The molecule has 0 atom stereocenters. The average molecular weight is 927 g/mol. The van der Waals surface area contributed by atoms with Crippen LogP contribution in [0.15, 0.2) is 143 Å². The number of carboxylic acids is 2. The summed E-state index contributed by atoms with van der Waals surface area (Å²) in [5.41, 5.74) is 2.46. The van der Waals surface area contributed by atoms with Gasteiger partial charge in [0.25, 0.3) is 20.0 Å². The first-order valence-corrected chi connectivity index (χ1v) is 20.3. The van der Waals surface area contributed by atoms with Crippen LogP contribution in [0.5, 0.6) is 0 Å². The van der Waals surface area contributed by atoms with Crippen molar-refractivity contribution in [1.29, 1.82) is 0 Å². The number of para-hydroxylation sites is 2. The molecule has 0 saturated carbocycles. The van der Waals surface area contributed by atoms with Crippen molar-refractivity contribution in [2.75, 3.05) is 20.1 Å². The van der Waals surface area contributed by atoms with Crippen LogP contribution in [0.3, 0.4) is 0 Å². The van der Waals surface area contributed by atoms with Gasteiger partial charge in [-0.25, -0.2) is 26.4 Å². The maximum absolute atomic E-state index is 12.9. The molecule has 6 rings (SSSR count). The van der Waals surface area contributed by atoms with Gasteiger partial charge in [-0.1, -0.05) is 73.2 Å². The predicted molar refractivity (Wildman–Crippen MR) is 230 cm³/mol. The van der Waals surface area contributed by atoms with Gasteiger partial charge in [-0.3, -0.25) is 14.3 Å². The van der Waals surface area contributed by atoms with Crippen molar-refractivity contribution in [3.8, 4) is 0 Å². The molecule has 0 aliphatic heterocycles. The number of carboxylic acid groups (broad SMARTS) is 2. The minimum absolute atomic E-state index is 0. The molecule has 0 radical (unpaired) electrons. The second kappa shape index (κ2) is 24.1. The van der Waals surface area contributed by atoms with Crippen molar-refractivity contribution < 1.29 is 149 Å². The quantitative estimate of drug-likeness (QED) is 0.0775. The van der Waals surface area contributed by atoms with Gasteiger partial charge in [-0.2, -0.15) is 42.8 Å². The molecule has 0 saturated heterocycles. The van der Waals surface area contributed by atoms with E-state index in [0.29, 0.717) is 5.56 Å². The molecule has 0 spiro atoms. The van der Waals surface area contributed by atoms with Gasteiger partial charge in [-0.15, -0.1) is 6.07 Å². The van der Waals surface area contributed by atoms with E-state index >= 15 is 0 Å². The van der Waals surface area contributed by atoms with Gasteiger partial charge in [0.15, 0.2) is 0 Å². The number of nitrogens with one attached hydrogen (secondary N) is 4. The summed E-state index contributed by atoms with van der Waals surface area (Å²) in [5.74, 6) is -3.72. The fraction of sp³-hybridized carbons (Fsp3) is 0.0682. The van der Waals surface area contributed by atoms with Gasteiger partial charge in [0, 0.05) is 11.3 Å². The van der Waals surface area contributed by atoms with E-state index in [9.17, 15) is 46.2 Å². The van der Waals surface area contributed by atoms with Gasteiger partial charge in [0.05, 0.1) is 32.3 Å². The van der Waals surface area contributed by atoms with E-state index in [1.807, 2.05) is 13.8 Å². The molecule has 0 aliphatic carbocycles. The molecule has 18 heteroatoms. The van der Waals surface area contributed by atoms with Crippen molar-refractivity contribution in [1.82, 2.24) is 0 Å². The second-order valence-corrected chi connectivity index (χ2v) is 16.2. The zero-order valence-corrected chi connectivity index (χ0v) is 41.3. The minimum Gasteiger partial charge on any atom is -0.478 e. The molecule has 0 fully saturated rings. The molecule has 2 amide bonds. The summed E-state index contributed by atoms with van der Waals surface area (Å²) < 4.78 is 55.6. The number of carbonyl (C=O) groups is 4. The van der Waals surface area contributed by atoms with E-state index in [1.54, 1.807) is 42.5 Å². The molecular formula is C44H40K2N4O10S2. The van der Waals surface area contributed by atoms with Gasteiger partial charge < -0.3 is 25.6 Å². The summed E-state index contributed by atoms with van der Waals surface area (Å²) in [5, 5.41) is 23.6. The number of aromatic carboxylic acids is 2. The smallest absolute Gasteiger partial charge is 0.478 e. The van der Waals surface area contributed by atoms with Gasteiger partial charge in [0.1, 0.15) is 0 Å². The third-order valence-electron chi connectivity index (χ3n) is 8.40. The van der Waals surface area contributed by atoms with Crippen LogP contribution in [0.25, 0.3) is 0 Å². The fourth-order valence-corrected chi connectivity index (χ4v) is 7.51. The van der Waals surface area contributed by atoms with Crippen molar-refractivity contribution in [3.63, 3.8) is 0 Å².